The van der Waals surface area contributed by atoms with Gasteiger partial charge in [-0.05, 0) is 49.7 Å². The van der Waals surface area contributed by atoms with E-state index in [-0.39, 0.29) is 17.9 Å². The van der Waals surface area contributed by atoms with E-state index < -0.39 is 33.2 Å². The van der Waals surface area contributed by atoms with Gasteiger partial charge in [0.25, 0.3) is 11.5 Å². The van der Waals surface area contributed by atoms with Gasteiger partial charge in [-0.2, -0.15) is 4.31 Å². The van der Waals surface area contributed by atoms with Crippen molar-refractivity contribution in [2.45, 2.75) is 30.8 Å². The Morgan fingerprint density at radius 2 is 1.74 bits per heavy atom. The normalized spacial score (nSPS) is 12.4. The van der Waals surface area contributed by atoms with Crippen LogP contribution in [0, 0.1) is 6.92 Å². The Bertz CT molecular complexity index is 1370. The van der Waals surface area contributed by atoms with Crippen molar-refractivity contribution in [2.24, 2.45) is 0 Å². The molecule has 0 fully saturated rings. The van der Waals surface area contributed by atoms with Crippen molar-refractivity contribution in [1.29, 1.82) is 0 Å². The first kappa shape index (κ1) is 24.9. The third-order valence-corrected chi connectivity index (χ3v) is 7.08. The van der Waals surface area contributed by atoms with Crippen LogP contribution in [0.25, 0.3) is 0 Å². The minimum absolute atomic E-state index is 0.0801. The highest BCUT2D eigenvalue weighted by atomic mass is 32.2. The van der Waals surface area contributed by atoms with Gasteiger partial charge in [0.1, 0.15) is 17.5 Å². The molecule has 3 rings (SSSR count). The zero-order valence-corrected chi connectivity index (χ0v) is 19.3. The molecule has 1 aromatic heterocycles. The summed E-state index contributed by atoms with van der Waals surface area (Å²) in [6.07, 6.45) is -0.149. The number of likely N-dealkylation sites (N-methyl/N-ethyl adjacent to an activating group) is 1. The van der Waals surface area contributed by atoms with Crippen LogP contribution in [-0.2, 0) is 21.4 Å². The van der Waals surface area contributed by atoms with Crippen molar-refractivity contribution in [2.75, 3.05) is 7.05 Å². The van der Waals surface area contributed by atoms with Crippen LogP contribution in [0.4, 0.5) is 0 Å². The number of hydrogen-bond acceptors (Lipinski definition) is 7. The lowest BCUT2D eigenvalue weighted by Crippen LogP contribution is -2.47. The van der Waals surface area contributed by atoms with Gasteiger partial charge in [-0.15, -0.1) is 0 Å². The number of aromatic nitrogens is 2. The van der Waals surface area contributed by atoms with E-state index in [0.717, 1.165) is 4.31 Å². The molecule has 12 heteroatoms. The molecule has 1 unspecified atom stereocenters. The summed E-state index contributed by atoms with van der Waals surface area (Å²) in [6, 6.07) is 14.5. The number of ether oxygens (including phenoxy) is 1. The summed E-state index contributed by atoms with van der Waals surface area (Å²) in [7, 11) is -2.95. The second-order valence-electron chi connectivity index (χ2n) is 7.42. The Morgan fingerprint density at radius 3 is 2.32 bits per heavy atom. The van der Waals surface area contributed by atoms with E-state index in [0.29, 0.717) is 17.2 Å². The Labute approximate surface area is 195 Å². The van der Waals surface area contributed by atoms with Gasteiger partial charge >= 0.3 is 5.69 Å². The van der Waals surface area contributed by atoms with Crippen LogP contribution in [-0.4, -0.2) is 46.5 Å². The highest BCUT2D eigenvalue weighted by Crippen LogP contribution is 2.25. The zero-order chi connectivity index (χ0) is 24.9. The maximum absolute atomic E-state index is 13.2. The number of amides is 1. The van der Waals surface area contributed by atoms with Gasteiger partial charge in [0.05, 0.1) is 4.90 Å². The van der Waals surface area contributed by atoms with Crippen molar-refractivity contribution < 1.29 is 23.2 Å². The van der Waals surface area contributed by atoms with Crippen LogP contribution in [0.15, 0.2) is 75.1 Å². The number of benzene rings is 2. The lowest BCUT2D eigenvalue weighted by Gasteiger charge is -2.26. The van der Waals surface area contributed by atoms with Crippen LogP contribution >= 0.6 is 0 Å². The fraction of sp³-hybridized carbons (Fsp3) is 0.227. The van der Waals surface area contributed by atoms with Gasteiger partial charge < -0.3 is 4.74 Å². The molecule has 11 nitrogen and oxygen atoms in total. The van der Waals surface area contributed by atoms with Gasteiger partial charge in [-0.25, -0.2) is 18.7 Å². The van der Waals surface area contributed by atoms with Crippen LogP contribution < -0.4 is 21.5 Å². The van der Waals surface area contributed by atoms with Gasteiger partial charge in [0, 0.05) is 25.4 Å². The second-order valence-corrected chi connectivity index (χ2v) is 9.42. The molecular formula is C22H24N4O7S. The summed E-state index contributed by atoms with van der Waals surface area (Å²) >= 11 is 0. The predicted molar refractivity (Wildman–Crippen MR) is 122 cm³/mol. The van der Waals surface area contributed by atoms with Crippen LogP contribution in [0.3, 0.4) is 0 Å². The summed E-state index contributed by atoms with van der Waals surface area (Å²) in [5.74, 6) is 0.0401. The summed E-state index contributed by atoms with van der Waals surface area (Å²) in [4.78, 5) is 37.8. The van der Waals surface area contributed by atoms with Gasteiger partial charge in [-0.3, -0.25) is 24.3 Å². The Kier molecular flexibility index (Phi) is 7.66. The number of carbonyl (C=O) groups excluding carboxylic acids is 1. The minimum atomic E-state index is -4.15. The molecule has 3 N–H and O–H groups in total. The minimum Gasteiger partial charge on any atom is -0.457 e. The number of nitrogens with one attached hydrogen (secondary N) is 2. The van der Waals surface area contributed by atoms with E-state index >= 15 is 0 Å². The number of sulfonamides is 1. The predicted octanol–water partition coefficient (Wildman–Crippen LogP) is 1.22. The fourth-order valence-electron chi connectivity index (χ4n) is 3.36. The molecule has 1 atom stereocenters. The number of para-hydroxylation sites is 1. The van der Waals surface area contributed by atoms with Gasteiger partial charge in [-0.1, -0.05) is 18.2 Å². The van der Waals surface area contributed by atoms with E-state index in [1.54, 1.807) is 24.3 Å². The molecule has 0 saturated carbocycles. The number of hydrogen-bond donors (Lipinski definition) is 3. The number of carbonyl (C=O) groups is 1. The molecule has 180 valence electrons. The summed E-state index contributed by atoms with van der Waals surface area (Å²) in [5.41, 5.74) is 0.560. The van der Waals surface area contributed by atoms with Crippen LogP contribution in [0.1, 0.15) is 12.1 Å². The maximum Gasteiger partial charge on any atom is 0.328 e. The average Bonchev–Trinajstić information content (AvgIpc) is 2.81. The monoisotopic (exact) mass is 488 g/mol. The Morgan fingerprint density at radius 1 is 1.12 bits per heavy atom. The average molecular weight is 489 g/mol. The maximum atomic E-state index is 13.2. The first-order valence-electron chi connectivity index (χ1n) is 10.2. The molecule has 1 amide bonds. The lowest BCUT2D eigenvalue weighted by molar-refractivity contribution is -0.133. The second kappa shape index (κ2) is 10.5. The van der Waals surface area contributed by atoms with Crippen molar-refractivity contribution in [1.82, 2.24) is 19.3 Å². The quantitative estimate of drug-likeness (QED) is 0.303. The van der Waals surface area contributed by atoms with E-state index in [4.69, 9.17) is 9.94 Å². The largest absolute Gasteiger partial charge is 0.457 e. The number of nitrogens with zero attached hydrogens (tertiary/aromatic N) is 2. The molecule has 3 aromatic rings. The standard InChI is InChI=1S/C22H24N4O7S/c1-15-14-20(27)23-22(29)26(15)13-12-19(21(28)24-30)25(2)34(31,32)18-10-8-17(9-11-18)33-16-6-4-3-5-7-16/h3-11,14,19,30H,12-13H2,1-2H3,(H,24,28)(H,23,27,29). The number of rotatable bonds is 9. The number of aromatic amines is 1. The summed E-state index contributed by atoms with van der Waals surface area (Å²) in [6.45, 7) is 1.46. The molecule has 0 bridgehead atoms. The molecule has 0 spiro atoms. The Hall–Kier alpha value is -3.74. The molecular weight excluding hydrogens is 464 g/mol. The number of hydroxylamine groups is 1. The van der Waals surface area contributed by atoms with E-state index in [9.17, 15) is 22.8 Å². The molecule has 0 aliphatic rings. The molecule has 34 heavy (non-hydrogen) atoms. The first-order valence-corrected chi connectivity index (χ1v) is 11.6. The van der Waals surface area contributed by atoms with Gasteiger partial charge in [0.15, 0.2) is 0 Å². The smallest absolute Gasteiger partial charge is 0.328 e. The third-order valence-electron chi connectivity index (χ3n) is 5.20. The molecule has 0 aliphatic carbocycles. The molecule has 0 aliphatic heterocycles. The lowest BCUT2D eigenvalue weighted by atomic mass is 10.2. The number of H-pyrrole nitrogens is 1. The SMILES string of the molecule is Cc1cc(=O)[nH]c(=O)n1CCC(C(=O)NO)N(C)S(=O)(=O)c1ccc(Oc2ccccc2)cc1. The molecule has 1 heterocycles. The third kappa shape index (κ3) is 5.60. The van der Waals surface area contributed by atoms with Crippen molar-refractivity contribution >= 4 is 15.9 Å². The van der Waals surface area contributed by atoms with E-state index in [1.165, 1.54) is 54.4 Å². The van der Waals surface area contributed by atoms with Crippen molar-refractivity contribution in [3.8, 4) is 11.5 Å². The molecule has 0 saturated heterocycles. The zero-order valence-electron chi connectivity index (χ0n) is 18.5. The molecule has 0 radical (unpaired) electrons. The van der Waals surface area contributed by atoms with Gasteiger partial charge in [0.2, 0.25) is 10.0 Å². The van der Waals surface area contributed by atoms with Crippen molar-refractivity contribution in [3.05, 3.63) is 87.2 Å². The van der Waals surface area contributed by atoms with Crippen LogP contribution in [0.5, 0.6) is 11.5 Å². The van der Waals surface area contributed by atoms with Crippen molar-refractivity contribution in [3.63, 3.8) is 0 Å². The summed E-state index contributed by atoms with van der Waals surface area (Å²) < 4.78 is 34.0. The topological polar surface area (TPSA) is 151 Å². The van der Waals surface area contributed by atoms with E-state index in [2.05, 4.69) is 4.98 Å². The Balaban J connectivity index is 1.81. The highest BCUT2D eigenvalue weighted by molar-refractivity contribution is 7.89. The van der Waals surface area contributed by atoms with Crippen LogP contribution in [0.2, 0.25) is 0 Å². The first-order chi connectivity index (χ1) is 16.1. The fourth-order valence-corrected chi connectivity index (χ4v) is 4.71. The summed E-state index contributed by atoms with van der Waals surface area (Å²) in [5, 5.41) is 9.16. The highest BCUT2D eigenvalue weighted by Gasteiger charge is 2.33. The number of aryl methyl sites for hydroxylation is 1. The molecule has 2 aromatic carbocycles. The van der Waals surface area contributed by atoms with E-state index in [1.807, 2.05) is 6.07 Å².